The first-order valence-electron chi connectivity index (χ1n) is 10.0. The maximum absolute atomic E-state index is 13.3. The van der Waals surface area contributed by atoms with Crippen molar-refractivity contribution in [3.8, 4) is 17.6 Å². The van der Waals surface area contributed by atoms with Crippen molar-refractivity contribution in [2.75, 3.05) is 0 Å². The first-order valence-corrected chi connectivity index (χ1v) is 10.0. The van der Waals surface area contributed by atoms with Crippen LogP contribution in [0.2, 0.25) is 0 Å². The van der Waals surface area contributed by atoms with Crippen LogP contribution < -0.4 is 5.69 Å². The molecule has 4 rings (SSSR count). The lowest BCUT2D eigenvalue weighted by molar-refractivity contribution is -0.137. The van der Waals surface area contributed by atoms with Crippen LogP contribution in [-0.4, -0.2) is 14.2 Å². The summed E-state index contributed by atoms with van der Waals surface area (Å²) in [6.45, 7) is 0.130. The molecule has 0 saturated carbocycles. The van der Waals surface area contributed by atoms with Crippen molar-refractivity contribution in [2.24, 2.45) is 0 Å². The molecule has 0 amide bonds. The van der Waals surface area contributed by atoms with Gasteiger partial charge in [0, 0.05) is 0 Å². The molecule has 1 aromatic heterocycles. The summed E-state index contributed by atoms with van der Waals surface area (Å²) >= 11 is 0. The van der Waals surface area contributed by atoms with Crippen molar-refractivity contribution in [2.45, 2.75) is 19.1 Å². The molecule has 5 nitrogen and oxygen atoms in total. The summed E-state index contributed by atoms with van der Waals surface area (Å²) in [7, 11) is 0. The maximum Gasteiger partial charge on any atom is 0.417 e. The minimum absolute atomic E-state index is 0.130. The highest BCUT2D eigenvalue weighted by molar-refractivity contribution is 5.48. The second-order valence-corrected chi connectivity index (χ2v) is 7.50. The average Bonchev–Trinajstić information content (AvgIpc) is 3.07. The molecule has 0 fully saturated rings. The molecule has 0 radical (unpaired) electrons. The number of halogens is 3. The Morgan fingerprint density at radius 2 is 1.61 bits per heavy atom. The highest BCUT2D eigenvalue weighted by atomic mass is 19.4. The molecule has 0 unspecified atom stereocenters. The SMILES string of the molecule is N#Cc1ccc(-n2c(O)cn(Cc3ccccc3Cc3ccccc3)c2=O)cc1C(F)(F)F. The molecule has 0 atom stereocenters. The molecule has 33 heavy (non-hydrogen) atoms. The molecule has 0 bridgehead atoms. The van der Waals surface area contributed by atoms with E-state index < -0.39 is 28.9 Å². The van der Waals surface area contributed by atoms with Crippen LogP contribution in [-0.2, 0) is 19.1 Å². The van der Waals surface area contributed by atoms with E-state index in [1.54, 1.807) is 0 Å². The molecule has 4 aromatic rings. The van der Waals surface area contributed by atoms with Crippen molar-refractivity contribution in [1.29, 1.82) is 5.26 Å². The zero-order valence-corrected chi connectivity index (χ0v) is 17.3. The number of nitrogens with zero attached hydrogens (tertiary/aromatic N) is 3. The van der Waals surface area contributed by atoms with Gasteiger partial charge in [-0.2, -0.15) is 18.4 Å². The minimum Gasteiger partial charge on any atom is -0.493 e. The van der Waals surface area contributed by atoms with E-state index in [9.17, 15) is 23.1 Å². The van der Waals surface area contributed by atoms with Crippen molar-refractivity contribution in [3.05, 3.63) is 117 Å². The smallest absolute Gasteiger partial charge is 0.417 e. The van der Waals surface area contributed by atoms with Crippen LogP contribution >= 0.6 is 0 Å². The van der Waals surface area contributed by atoms with Crippen LogP contribution in [0.4, 0.5) is 13.2 Å². The lowest BCUT2D eigenvalue weighted by Gasteiger charge is -2.11. The molecule has 0 aliphatic rings. The summed E-state index contributed by atoms with van der Waals surface area (Å²) in [6, 6.07) is 21.7. The van der Waals surface area contributed by atoms with Crippen LogP contribution in [0.5, 0.6) is 5.88 Å². The molecule has 0 saturated heterocycles. The van der Waals surface area contributed by atoms with Crippen LogP contribution in [0, 0.1) is 11.3 Å². The van der Waals surface area contributed by atoms with E-state index in [2.05, 4.69) is 0 Å². The Bertz CT molecular complexity index is 1400. The molecule has 0 aliphatic heterocycles. The van der Waals surface area contributed by atoms with Crippen LogP contribution in [0.15, 0.2) is 83.8 Å². The molecular weight excluding hydrogens is 431 g/mol. The summed E-state index contributed by atoms with van der Waals surface area (Å²) in [5, 5.41) is 19.3. The fourth-order valence-corrected chi connectivity index (χ4v) is 3.72. The van der Waals surface area contributed by atoms with E-state index in [1.165, 1.54) is 22.9 Å². The van der Waals surface area contributed by atoms with Crippen molar-refractivity contribution in [1.82, 2.24) is 9.13 Å². The van der Waals surface area contributed by atoms with Crippen LogP contribution in [0.1, 0.15) is 27.8 Å². The summed E-state index contributed by atoms with van der Waals surface area (Å²) in [6.07, 6.45) is -2.95. The Morgan fingerprint density at radius 1 is 0.939 bits per heavy atom. The molecule has 3 aromatic carbocycles. The third-order valence-electron chi connectivity index (χ3n) is 5.32. The third kappa shape index (κ3) is 4.53. The number of nitriles is 1. The number of aromatic hydroxyl groups is 1. The fourth-order valence-electron chi connectivity index (χ4n) is 3.72. The lowest BCUT2D eigenvalue weighted by Crippen LogP contribution is -2.24. The maximum atomic E-state index is 13.3. The van der Waals surface area contributed by atoms with Crippen LogP contribution in [0.3, 0.4) is 0 Å². The highest BCUT2D eigenvalue weighted by Crippen LogP contribution is 2.33. The average molecular weight is 449 g/mol. The largest absolute Gasteiger partial charge is 0.493 e. The predicted molar refractivity (Wildman–Crippen MR) is 116 cm³/mol. The third-order valence-corrected chi connectivity index (χ3v) is 5.32. The van der Waals surface area contributed by atoms with Gasteiger partial charge in [0.25, 0.3) is 0 Å². The Kier molecular flexibility index (Phi) is 5.80. The molecular formula is C25H18F3N3O2. The highest BCUT2D eigenvalue weighted by Gasteiger charge is 2.34. The number of aromatic nitrogens is 2. The summed E-state index contributed by atoms with van der Waals surface area (Å²) in [4.78, 5) is 13.0. The molecule has 0 aliphatic carbocycles. The number of alkyl halides is 3. The van der Waals surface area contributed by atoms with Gasteiger partial charge in [0.05, 0.1) is 35.6 Å². The van der Waals surface area contributed by atoms with E-state index in [0.29, 0.717) is 12.5 Å². The molecule has 8 heteroatoms. The van der Waals surface area contributed by atoms with Gasteiger partial charge >= 0.3 is 11.9 Å². The van der Waals surface area contributed by atoms with Gasteiger partial charge in [-0.3, -0.25) is 4.57 Å². The summed E-state index contributed by atoms with van der Waals surface area (Å²) < 4.78 is 42.1. The number of rotatable bonds is 5. The second-order valence-electron chi connectivity index (χ2n) is 7.50. The van der Waals surface area contributed by atoms with Gasteiger partial charge < -0.3 is 5.11 Å². The van der Waals surface area contributed by atoms with Gasteiger partial charge in [0.2, 0.25) is 5.88 Å². The number of hydrogen-bond acceptors (Lipinski definition) is 3. The molecule has 0 spiro atoms. The lowest BCUT2D eigenvalue weighted by atomic mass is 10.00. The zero-order chi connectivity index (χ0) is 23.6. The molecule has 166 valence electrons. The Balaban J connectivity index is 1.71. The Labute approximate surface area is 187 Å². The van der Waals surface area contributed by atoms with E-state index in [-0.39, 0.29) is 12.2 Å². The van der Waals surface area contributed by atoms with Crippen molar-refractivity contribution >= 4 is 0 Å². The van der Waals surface area contributed by atoms with Gasteiger partial charge in [0.1, 0.15) is 0 Å². The molecule has 1 heterocycles. The van der Waals surface area contributed by atoms with E-state index >= 15 is 0 Å². The molecule has 1 N–H and O–H groups in total. The fraction of sp³-hybridized carbons (Fsp3) is 0.120. The monoisotopic (exact) mass is 449 g/mol. The topological polar surface area (TPSA) is 71.0 Å². The van der Waals surface area contributed by atoms with Gasteiger partial charge in [-0.15, -0.1) is 0 Å². The predicted octanol–water partition coefficient (Wildman–Crippen LogP) is 4.87. The minimum atomic E-state index is -4.78. The first-order chi connectivity index (χ1) is 15.8. The standard InChI is InChI=1S/C25H18F3N3O2/c26-25(27,28)22-13-21(11-10-19(22)14-29)31-23(32)16-30(24(31)33)15-20-9-5-4-8-18(20)12-17-6-2-1-3-7-17/h1-11,13,16,32H,12,15H2. The normalized spacial score (nSPS) is 11.3. The zero-order valence-electron chi connectivity index (χ0n) is 17.3. The Morgan fingerprint density at radius 3 is 2.27 bits per heavy atom. The van der Waals surface area contributed by atoms with E-state index in [4.69, 9.17) is 5.26 Å². The van der Waals surface area contributed by atoms with Gasteiger partial charge in [0.15, 0.2) is 0 Å². The van der Waals surface area contributed by atoms with Gasteiger partial charge in [-0.05, 0) is 41.3 Å². The van der Waals surface area contributed by atoms with E-state index in [0.717, 1.165) is 27.3 Å². The first kappa shape index (κ1) is 22.0. The Hall–Kier alpha value is -4.25. The van der Waals surface area contributed by atoms with Crippen LogP contribution in [0.25, 0.3) is 5.69 Å². The second kappa shape index (κ2) is 8.71. The summed E-state index contributed by atoms with van der Waals surface area (Å²) in [5.74, 6) is -0.502. The number of hydrogen-bond donors (Lipinski definition) is 1. The van der Waals surface area contributed by atoms with Gasteiger partial charge in [-0.25, -0.2) is 9.36 Å². The summed E-state index contributed by atoms with van der Waals surface area (Å²) in [5.41, 5.74) is 0.315. The van der Waals surface area contributed by atoms with Gasteiger partial charge in [-0.1, -0.05) is 54.6 Å². The van der Waals surface area contributed by atoms with Crippen molar-refractivity contribution < 1.29 is 18.3 Å². The van der Waals surface area contributed by atoms with E-state index in [1.807, 2.05) is 54.6 Å². The number of benzene rings is 3. The van der Waals surface area contributed by atoms with Crippen molar-refractivity contribution in [3.63, 3.8) is 0 Å². The number of imidazole rings is 1. The quantitative estimate of drug-likeness (QED) is 0.472.